The first-order chi connectivity index (χ1) is 16.6. The van der Waals surface area contributed by atoms with Crippen molar-refractivity contribution in [3.8, 4) is 11.5 Å². The Labute approximate surface area is 202 Å². The van der Waals surface area contributed by atoms with Crippen LogP contribution in [0.25, 0.3) is 0 Å². The minimum Gasteiger partial charge on any atom is -0.508 e. The van der Waals surface area contributed by atoms with Crippen LogP contribution in [0.2, 0.25) is 0 Å². The molecular formula is C30H34FNO2. The van der Waals surface area contributed by atoms with E-state index in [0.29, 0.717) is 18.3 Å². The first-order valence-corrected chi connectivity index (χ1v) is 12.5. The van der Waals surface area contributed by atoms with Crippen molar-refractivity contribution in [1.82, 2.24) is 4.90 Å². The van der Waals surface area contributed by atoms with Gasteiger partial charge in [0.05, 0.1) is 6.67 Å². The normalized spacial score (nSPS) is 23.4. The van der Waals surface area contributed by atoms with Crippen LogP contribution >= 0.6 is 0 Å². The SMILES string of the molecule is CC(COc1ccc([C@H]2c3ccc(O)cc3CC[C@H]2c2ccccc2)cc1)N1CCC(CF)C1. The zero-order valence-corrected chi connectivity index (χ0v) is 19.9. The number of aryl methyl sites for hydroxylation is 1. The molecule has 34 heavy (non-hydrogen) atoms. The number of ether oxygens (including phenoxy) is 1. The van der Waals surface area contributed by atoms with Crippen molar-refractivity contribution in [2.24, 2.45) is 5.92 Å². The zero-order valence-electron chi connectivity index (χ0n) is 19.9. The molecule has 0 bridgehead atoms. The topological polar surface area (TPSA) is 32.7 Å². The molecule has 0 amide bonds. The van der Waals surface area contributed by atoms with Gasteiger partial charge in [0, 0.05) is 24.4 Å². The monoisotopic (exact) mass is 459 g/mol. The van der Waals surface area contributed by atoms with Gasteiger partial charge >= 0.3 is 0 Å². The fraction of sp³-hybridized carbons (Fsp3) is 0.400. The van der Waals surface area contributed by atoms with Gasteiger partial charge in [0.2, 0.25) is 0 Å². The zero-order chi connectivity index (χ0) is 23.5. The smallest absolute Gasteiger partial charge is 0.119 e. The number of hydrogen-bond acceptors (Lipinski definition) is 3. The van der Waals surface area contributed by atoms with Crippen LogP contribution in [0.15, 0.2) is 72.8 Å². The van der Waals surface area contributed by atoms with Crippen LogP contribution in [-0.4, -0.2) is 42.4 Å². The maximum absolute atomic E-state index is 13.0. The fourth-order valence-corrected chi connectivity index (χ4v) is 5.76. The lowest BCUT2D eigenvalue weighted by atomic mass is 9.69. The highest BCUT2D eigenvalue weighted by atomic mass is 19.1. The number of phenolic OH excluding ortho intramolecular Hbond substituents is 1. The number of halogens is 1. The molecule has 0 spiro atoms. The summed E-state index contributed by atoms with van der Waals surface area (Å²) in [5.74, 6) is 2.02. The molecule has 1 aliphatic heterocycles. The summed E-state index contributed by atoms with van der Waals surface area (Å²) in [6.07, 6.45) is 2.97. The predicted octanol–water partition coefficient (Wildman–Crippen LogP) is 6.31. The van der Waals surface area contributed by atoms with Gasteiger partial charge in [-0.3, -0.25) is 9.29 Å². The van der Waals surface area contributed by atoms with Gasteiger partial charge in [0.25, 0.3) is 0 Å². The molecule has 3 aromatic rings. The van der Waals surface area contributed by atoms with Crippen LogP contribution in [0.4, 0.5) is 4.39 Å². The van der Waals surface area contributed by atoms with Crippen LogP contribution < -0.4 is 4.74 Å². The highest BCUT2D eigenvalue weighted by Crippen LogP contribution is 2.47. The number of benzene rings is 3. The highest BCUT2D eigenvalue weighted by Gasteiger charge is 2.32. The molecule has 1 N–H and O–H groups in total. The molecule has 2 aliphatic rings. The first kappa shape index (κ1) is 22.9. The molecule has 178 valence electrons. The first-order valence-electron chi connectivity index (χ1n) is 12.5. The Morgan fingerprint density at radius 3 is 2.53 bits per heavy atom. The van der Waals surface area contributed by atoms with Crippen molar-refractivity contribution in [2.75, 3.05) is 26.4 Å². The summed E-state index contributed by atoms with van der Waals surface area (Å²) in [6, 6.07) is 25.4. The van der Waals surface area contributed by atoms with E-state index in [1.54, 1.807) is 0 Å². The number of fused-ring (bicyclic) bond motifs is 1. The molecule has 0 radical (unpaired) electrons. The average Bonchev–Trinajstić information content (AvgIpc) is 3.37. The lowest BCUT2D eigenvalue weighted by Gasteiger charge is -2.35. The summed E-state index contributed by atoms with van der Waals surface area (Å²) in [7, 11) is 0. The standard InChI is InChI=1S/C30H34FNO2/c1-21(32-16-15-22(18-31)19-32)20-34-27-11-7-24(8-12-27)30-28(23-5-3-2-4-6-23)13-9-25-17-26(33)10-14-29(25)30/h2-8,10-12,14,17,21-22,28,30,33H,9,13,15-16,18-20H2,1H3/t21?,22?,28-,30+/m0/s1. The summed E-state index contributed by atoms with van der Waals surface area (Å²) in [6.45, 7) is 4.33. The molecule has 0 saturated carbocycles. The highest BCUT2D eigenvalue weighted by molar-refractivity contribution is 5.48. The Hall–Kier alpha value is -2.85. The summed E-state index contributed by atoms with van der Waals surface area (Å²) in [5.41, 5.74) is 5.17. The Balaban J connectivity index is 1.34. The second kappa shape index (κ2) is 10.2. The van der Waals surface area contributed by atoms with Gasteiger partial charge in [-0.2, -0.15) is 0 Å². The summed E-state index contributed by atoms with van der Waals surface area (Å²) in [5, 5.41) is 10.0. The molecule has 2 unspecified atom stereocenters. The number of phenols is 1. The van der Waals surface area contributed by atoms with Gasteiger partial charge in [0.15, 0.2) is 0 Å². The largest absolute Gasteiger partial charge is 0.508 e. The molecule has 4 heteroatoms. The van der Waals surface area contributed by atoms with Crippen LogP contribution in [0.3, 0.4) is 0 Å². The van der Waals surface area contributed by atoms with Crippen molar-refractivity contribution in [2.45, 2.75) is 44.1 Å². The third-order valence-electron chi connectivity index (χ3n) is 7.71. The molecule has 1 fully saturated rings. The molecule has 1 heterocycles. The Morgan fingerprint density at radius 2 is 1.79 bits per heavy atom. The quantitative estimate of drug-likeness (QED) is 0.449. The molecule has 0 aromatic heterocycles. The number of hydrogen-bond donors (Lipinski definition) is 1. The van der Waals surface area contributed by atoms with E-state index in [9.17, 15) is 9.50 Å². The van der Waals surface area contributed by atoms with Gasteiger partial charge in [-0.15, -0.1) is 0 Å². The van der Waals surface area contributed by atoms with Gasteiger partial charge < -0.3 is 9.84 Å². The number of aromatic hydroxyl groups is 1. The molecule has 4 atom stereocenters. The van der Waals surface area contributed by atoms with Gasteiger partial charge in [-0.25, -0.2) is 0 Å². The van der Waals surface area contributed by atoms with E-state index in [1.807, 2.05) is 12.1 Å². The van der Waals surface area contributed by atoms with Crippen LogP contribution in [0, 0.1) is 5.92 Å². The van der Waals surface area contributed by atoms with Crippen LogP contribution in [0.5, 0.6) is 11.5 Å². The fourth-order valence-electron chi connectivity index (χ4n) is 5.76. The average molecular weight is 460 g/mol. The van der Waals surface area contributed by atoms with Crippen LogP contribution in [0.1, 0.15) is 53.9 Å². The maximum atomic E-state index is 13.0. The number of nitrogens with zero attached hydrogens (tertiary/aromatic N) is 1. The van der Waals surface area contributed by atoms with Crippen LogP contribution in [-0.2, 0) is 6.42 Å². The van der Waals surface area contributed by atoms with Gasteiger partial charge in [-0.1, -0.05) is 48.5 Å². The number of alkyl halides is 1. The van der Waals surface area contributed by atoms with E-state index < -0.39 is 0 Å². The Bertz CT molecular complexity index is 1080. The van der Waals surface area contributed by atoms with E-state index >= 15 is 0 Å². The van der Waals surface area contributed by atoms with Crippen molar-refractivity contribution < 1.29 is 14.2 Å². The maximum Gasteiger partial charge on any atom is 0.119 e. The summed E-state index contributed by atoms with van der Waals surface area (Å²) in [4.78, 5) is 2.33. The van der Waals surface area contributed by atoms with E-state index in [4.69, 9.17) is 4.74 Å². The minimum atomic E-state index is -0.223. The molecular weight excluding hydrogens is 425 g/mol. The van der Waals surface area contributed by atoms with E-state index in [0.717, 1.165) is 38.1 Å². The second-order valence-corrected chi connectivity index (χ2v) is 9.95. The van der Waals surface area contributed by atoms with Gasteiger partial charge in [0.1, 0.15) is 18.1 Å². The van der Waals surface area contributed by atoms with Crippen molar-refractivity contribution in [3.05, 3.63) is 95.1 Å². The minimum absolute atomic E-state index is 0.180. The molecule has 3 aromatic carbocycles. The number of likely N-dealkylation sites (tertiary alicyclic amines) is 1. The molecule has 1 saturated heterocycles. The number of rotatable bonds is 7. The van der Waals surface area contributed by atoms with Crippen molar-refractivity contribution in [3.63, 3.8) is 0 Å². The molecule has 3 nitrogen and oxygen atoms in total. The third kappa shape index (κ3) is 4.83. The lowest BCUT2D eigenvalue weighted by molar-refractivity contribution is 0.165. The van der Waals surface area contributed by atoms with Gasteiger partial charge in [-0.05, 0) is 85.2 Å². The summed E-state index contributed by atoms with van der Waals surface area (Å²) >= 11 is 0. The van der Waals surface area contributed by atoms with E-state index in [2.05, 4.69) is 72.5 Å². The van der Waals surface area contributed by atoms with Crippen molar-refractivity contribution in [1.29, 1.82) is 0 Å². The Morgan fingerprint density at radius 1 is 1.00 bits per heavy atom. The third-order valence-corrected chi connectivity index (χ3v) is 7.71. The molecule has 1 aliphatic carbocycles. The van der Waals surface area contributed by atoms with Crippen molar-refractivity contribution >= 4 is 0 Å². The molecule has 5 rings (SSSR count). The van der Waals surface area contributed by atoms with E-state index in [-0.39, 0.29) is 24.6 Å². The predicted molar refractivity (Wildman–Crippen MR) is 135 cm³/mol. The summed E-state index contributed by atoms with van der Waals surface area (Å²) < 4.78 is 19.1. The lowest BCUT2D eigenvalue weighted by Crippen LogP contribution is -2.35. The second-order valence-electron chi connectivity index (χ2n) is 9.95. The Kier molecular flexibility index (Phi) is 6.87. The van der Waals surface area contributed by atoms with E-state index in [1.165, 1.54) is 22.3 Å².